The van der Waals surface area contributed by atoms with Gasteiger partial charge in [-0.05, 0) is 55.3 Å². The number of aromatic nitrogens is 1. The maximum absolute atomic E-state index is 13.5. The lowest BCUT2D eigenvalue weighted by atomic mass is 9.94. The average molecular weight is 565 g/mol. The van der Waals surface area contributed by atoms with Gasteiger partial charge in [0.25, 0.3) is 5.78 Å². The number of esters is 1. The fourth-order valence-corrected chi connectivity index (χ4v) is 5.41. The van der Waals surface area contributed by atoms with E-state index in [1.165, 1.54) is 26.2 Å². The molecule has 10 nitrogen and oxygen atoms in total. The Labute approximate surface area is 235 Å². The molecule has 11 heteroatoms. The van der Waals surface area contributed by atoms with Crippen LogP contribution in [0, 0.1) is 13.8 Å². The van der Waals surface area contributed by atoms with Gasteiger partial charge < -0.3 is 24.1 Å². The molecule has 2 aromatic carbocycles. The Morgan fingerprint density at radius 1 is 1.07 bits per heavy atom. The van der Waals surface area contributed by atoms with Gasteiger partial charge in [0.15, 0.2) is 16.6 Å². The van der Waals surface area contributed by atoms with E-state index in [9.17, 15) is 19.5 Å². The van der Waals surface area contributed by atoms with Gasteiger partial charge in [0.05, 0.1) is 38.6 Å². The molecule has 0 unspecified atom stereocenters. The first-order valence-corrected chi connectivity index (χ1v) is 12.9. The third-order valence-corrected chi connectivity index (χ3v) is 7.47. The summed E-state index contributed by atoms with van der Waals surface area (Å²) in [6.45, 7) is 7.34. The lowest BCUT2D eigenvalue weighted by Gasteiger charge is -2.24. The zero-order chi connectivity index (χ0) is 29.1. The summed E-state index contributed by atoms with van der Waals surface area (Å²) in [6.07, 6.45) is 1.61. The van der Waals surface area contributed by atoms with Gasteiger partial charge >= 0.3 is 11.9 Å². The number of carbonyl (C=O) groups is 3. The van der Waals surface area contributed by atoms with Crippen molar-refractivity contribution in [2.24, 2.45) is 0 Å². The van der Waals surface area contributed by atoms with Crippen LogP contribution in [-0.4, -0.2) is 55.7 Å². The first-order chi connectivity index (χ1) is 19.2. The van der Waals surface area contributed by atoms with Crippen LogP contribution in [0.5, 0.6) is 17.2 Å². The van der Waals surface area contributed by atoms with Crippen LogP contribution in [0.25, 0.3) is 5.76 Å². The van der Waals surface area contributed by atoms with Crippen LogP contribution in [0.2, 0.25) is 0 Å². The molecule has 1 saturated heterocycles. The van der Waals surface area contributed by atoms with E-state index >= 15 is 0 Å². The van der Waals surface area contributed by atoms with Gasteiger partial charge in [0.2, 0.25) is 0 Å². The Morgan fingerprint density at radius 3 is 2.40 bits per heavy atom. The minimum absolute atomic E-state index is 0.100. The highest BCUT2D eigenvalue weighted by Gasteiger charge is 2.48. The van der Waals surface area contributed by atoms with Crippen molar-refractivity contribution < 1.29 is 38.4 Å². The second-order valence-electron chi connectivity index (χ2n) is 8.77. The first-order valence-electron chi connectivity index (χ1n) is 12.1. The molecule has 0 bridgehead atoms. The van der Waals surface area contributed by atoms with Crippen LogP contribution in [0.4, 0.5) is 5.13 Å². The zero-order valence-corrected chi connectivity index (χ0v) is 23.5. The van der Waals surface area contributed by atoms with Crippen LogP contribution in [0.15, 0.2) is 54.6 Å². The lowest BCUT2D eigenvalue weighted by molar-refractivity contribution is -0.132. The average Bonchev–Trinajstić information content (AvgIpc) is 3.47. The smallest absolute Gasteiger partial charge is 0.350 e. The number of methoxy groups -OCH3 is 3. The van der Waals surface area contributed by atoms with Gasteiger partial charge in [-0.1, -0.05) is 30.1 Å². The largest absolute Gasteiger partial charge is 0.507 e. The van der Waals surface area contributed by atoms with Gasteiger partial charge in [-0.15, -0.1) is 0 Å². The van der Waals surface area contributed by atoms with Crippen LogP contribution >= 0.6 is 11.3 Å². The number of benzene rings is 2. The molecule has 40 heavy (non-hydrogen) atoms. The molecule has 4 rings (SSSR count). The minimum Gasteiger partial charge on any atom is -0.507 e. The van der Waals surface area contributed by atoms with E-state index < -0.39 is 23.7 Å². The van der Waals surface area contributed by atoms with Gasteiger partial charge in [-0.2, -0.15) is 0 Å². The van der Waals surface area contributed by atoms with E-state index in [2.05, 4.69) is 11.6 Å². The number of thiazole rings is 1. The molecular weight excluding hydrogens is 536 g/mol. The highest BCUT2D eigenvalue weighted by atomic mass is 32.1. The third kappa shape index (κ3) is 5.03. The number of ether oxygens (including phenoxy) is 4. The molecule has 1 aliphatic heterocycles. The fourth-order valence-electron chi connectivity index (χ4n) is 4.40. The number of aryl methyl sites for hydroxylation is 2. The van der Waals surface area contributed by atoms with Crippen molar-refractivity contribution in [2.75, 3.05) is 32.8 Å². The van der Waals surface area contributed by atoms with Crippen molar-refractivity contribution in [3.8, 4) is 17.2 Å². The van der Waals surface area contributed by atoms with E-state index in [1.807, 2.05) is 0 Å². The molecule has 1 fully saturated rings. The number of hydrogen-bond donors (Lipinski definition) is 1. The second-order valence-corrected chi connectivity index (χ2v) is 9.74. The number of nitrogens with zero attached hydrogens (tertiary/aromatic N) is 2. The standard InChI is InChI=1S/C29H28N2O8S/c1-7-12-39-19-10-9-18(13-15(19)2)24(32)22-23(17-8-11-20(36-4)21(14-17)37-5)31(27(34)25(22)33)29-30-16(3)26(40-29)28(35)38-6/h7-11,13-14,23,32H,1,12H2,2-6H3/t23-/m0/s1. The maximum atomic E-state index is 13.5. The van der Waals surface area contributed by atoms with E-state index in [1.54, 1.807) is 56.3 Å². The summed E-state index contributed by atoms with van der Waals surface area (Å²) in [7, 11) is 4.19. The molecule has 208 valence electrons. The Hall–Kier alpha value is -4.64. The van der Waals surface area contributed by atoms with E-state index in [0.29, 0.717) is 46.2 Å². The van der Waals surface area contributed by atoms with Crippen molar-refractivity contribution in [3.05, 3.63) is 81.9 Å². The lowest BCUT2D eigenvalue weighted by Crippen LogP contribution is -2.29. The van der Waals surface area contributed by atoms with Gasteiger partial charge in [0, 0.05) is 5.56 Å². The molecule has 1 aromatic heterocycles. The summed E-state index contributed by atoms with van der Waals surface area (Å²) in [5.41, 5.74) is 1.67. The third-order valence-electron chi connectivity index (χ3n) is 6.33. The summed E-state index contributed by atoms with van der Waals surface area (Å²) in [5, 5.41) is 11.6. The number of Topliss-reactive ketones (excluding diaryl/α,β-unsaturated/α-hetero) is 1. The van der Waals surface area contributed by atoms with Gasteiger partial charge in [0.1, 0.15) is 23.0 Å². The van der Waals surface area contributed by atoms with Crippen molar-refractivity contribution in [2.45, 2.75) is 19.9 Å². The molecule has 2 heterocycles. The summed E-state index contributed by atoms with van der Waals surface area (Å²) < 4.78 is 21.3. The monoisotopic (exact) mass is 564 g/mol. The number of aliphatic hydroxyl groups is 1. The normalized spacial score (nSPS) is 16.1. The van der Waals surface area contributed by atoms with Crippen LogP contribution in [-0.2, 0) is 14.3 Å². The molecule has 0 spiro atoms. The molecule has 1 amide bonds. The van der Waals surface area contributed by atoms with Crippen molar-refractivity contribution in [1.82, 2.24) is 4.98 Å². The fraction of sp³-hybridized carbons (Fsp3) is 0.241. The summed E-state index contributed by atoms with van der Waals surface area (Å²) in [6, 6.07) is 8.76. The molecule has 1 N–H and O–H groups in total. The molecule has 0 saturated carbocycles. The molecule has 3 aromatic rings. The number of ketones is 1. The number of rotatable bonds is 9. The van der Waals surface area contributed by atoms with Crippen LogP contribution in [0.3, 0.4) is 0 Å². The molecule has 0 aliphatic carbocycles. The van der Waals surface area contributed by atoms with E-state index in [4.69, 9.17) is 18.9 Å². The number of amides is 1. The number of aliphatic hydroxyl groups excluding tert-OH is 1. The van der Waals surface area contributed by atoms with Crippen molar-refractivity contribution in [1.29, 1.82) is 0 Å². The Morgan fingerprint density at radius 2 is 1.77 bits per heavy atom. The van der Waals surface area contributed by atoms with Crippen molar-refractivity contribution in [3.63, 3.8) is 0 Å². The Balaban J connectivity index is 1.93. The molecule has 1 aliphatic rings. The van der Waals surface area contributed by atoms with Gasteiger partial charge in [-0.25, -0.2) is 9.78 Å². The summed E-state index contributed by atoms with van der Waals surface area (Å²) in [4.78, 5) is 45.1. The quantitative estimate of drug-likeness (QED) is 0.129. The highest BCUT2D eigenvalue weighted by Crippen LogP contribution is 2.45. The molecular formula is C29H28N2O8S. The number of hydrogen-bond acceptors (Lipinski definition) is 10. The summed E-state index contributed by atoms with van der Waals surface area (Å²) in [5.74, 6) is -1.43. The maximum Gasteiger partial charge on any atom is 0.350 e. The van der Waals surface area contributed by atoms with Crippen LogP contribution in [0.1, 0.15) is 38.1 Å². The second kappa shape index (κ2) is 11.6. The Bertz CT molecular complexity index is 1540. The molecule has 0 radical (unpaired) electrons. The topological polar surface area (TPSA) is 124 Å². The van der Waals surface area contributed by atoms with Gasteiger partial charge in [-0.3, -0.25) is 14.5 Å². The van der Waals surface area contributed by atoms with Crippen molar-refractivity contribution >= 4 is 39.9 Å². The number of anilines is 1. The minimum atomic E-state index is -1.09. The zero-order valence-electron chi connectivity index (χ0n) is 22.6. The molecule has 1 atom stereocenters. The highest BCUT2D eigenvalue weighted by molar-refractivity contribution is 7.17. The van der Waals surface area contributed by atoms with E-state index in [-0.39, 0.29) is 21.3 Å². The number of carbonyl (C=O) groups excluding carboxylic acids is 3. The predicted octanol–water partition coefficient (Wildman–Crippen LogP) is 4.75. The van der Waals surface area contributed by atoms with E-state index in [0.717, 1.165) is 11.3 Å². The SMILES string of the molecule is C=CCOc1ccc(C(O)=C2C(=O)C(=O)N(c3nc(C)c(C(=O)OC)s3)[C@H]2c2ccc(OC)c(OC)c2)cc1C. The predicted molar refractivity (Wildman–Crippen MR) is 149 cm³/mol. The first kappa shape index (κ1) is 28.4. The Kier molecular flexibility index (Phi) is 8.24. The van der Waals surface area contributed by atoms with Crippen LogP contribution < -0.4 is 19.1 Å². The summed E-state index contributed by atoms with van der Waals surface area (Å²) >= 11 is 0.915.